The number of nitrogens with zero attached hydrogens (tertiary/aromatic N) is 2. The Hall–Kier alpha value is -1.02. The molecule has 1 aliphatic rings. The Morgan fingerprint density at radius 1 is 1.43 bits per heavy atom. The van der Waals surface area contributed by atoms with Crippen LogP contribution in [0.25, 0.3) is 0 Å². The van der Waals surface area contributed by atoms with E-state index in [0.717, 1.165) is 31.5 Å². The predicted octanol–water partition coefficient (Wildman–Crippen LogP) is 2.33. The Balaban J connectivity index is 1.92. The van der Waals surface area contributed by atoms with Crippen LogP contribution in [0.1, 0.15) is 18.4 Å². The van der Waals surface area contributed by atoms with Gasteiger partial charge in [0.1, 0.15) is 0 Å². The number of benzene rings is 1. The van der Waals surface area contributed by atoms with Crippen molar-refractivity contribution in [3.8, 4) is 0 Å². The van der Waals surface area contributed by atoms with E-state index in [1.54, 1.807) is 6.07 Å². The molecule has 1 heterocycles. The molecule has 1 aromatic carbocycles. The monoisotopic (exact) mass is 358 g/mol. The zero-order valence-corrected chi connectivity index (χ0v) is 13.3. The van der Waals surface area contributed by atoms with Gasteiger partial charge in [-0.25, -0.2) is 0 Å². The maximum absolute atomic E-state index is 10.9. The molecular formula is C14H19BrN2O4. The first kappa shape index (κ1) is 16.4. The van der Waals surface area contributed by atoms with Gasteiger partial charge in [0.05, 0.1) is 28.7 Å². The van der Waals surface area contributed by atoms with Crippen LogP contribution in [0.4, 0.5) is 5.69 Å². The Morgan fingerprint density at radius 3 is 2.76 bits per heavy atom. The van der Waals surface area contributed by atoms with E-state index >= 15 is 0 Å². The van der Waals surface area contributed by atoms with Crippen molar-refractivity contribution >= 4 is 21.6 Å². The minimum atomic E-state index is -0.372. The third-order valence-electron chi connectivity index (χ3n) is 3.63. The van der Waals surface area contributed by atoms with E-state index in [-0.39, 0.29) is 23.3 Å². The molecule has 21 heavy (non-hydrogen) atoms. The Labute approximate surface area is 132 Å². The van der Waals surface area contributed by atoms with E-state index in [0.29, 0.717) is 17.6 Å². The Kier molecular flexibility index (Phi) is 6.10. The molecule has 0 unspecified atom stereocenters. The largest absolute Gasteiger partial charge is 0.394 e. The second-order valence-electron chi connectivity index (χ2n) is 5.08. The fourth-order valence-corrected chi connectivity index (χ4v) is 3.06. The highest BCUT2D eigenvalue weighted by molar-refractivity contribution is 9.10. The molecular weight excluding hydrogens is 340 g/mol. The number of nitro benzene ring substituents is 1. The van der Waals surface area contributed by atoms with Gasteiger partial charge in [-0.3, -0.25) is 15.0 Å². The zero-order valence-electron chi connectivity index (χ0n) is 11.7. The van der Waals surface area contributed by atoms with Crippen molar-refractivity contribution in [1.29, 1.82) is 0 Å². The Bertz CT molecular complexity index is 490. The van der Waals surface area contributed by atoms with Crippen LogP contribution in [0, 0.1) is 10.1 Å². The van der Waals surface area contributed by atoms with Crippen molar-refractivity contribution < 1.29 is 14.8 Å². The molecule has 0 amide bonds. The lowest BCUT2D eigenvalue weighted by molar-refractivity contribution is -0.385. The van der Waals surface area contributed by atoms with Crippen LogP contribution in [0.2, 0.25) is 0 Å². The van der Waals surface area contributed by atoms with Gasteiger partial charge in [0, 0.05) is 25.7 Å². The first-order valence-electron chi connectivity index (χ1n) is 6.98. The minimum absolute atomic E-state index is 0.0564. The summed E-state index contributed by atoms with van der Waals surface area (Å²) in [5.74, 6) is 0. The molecule has 0 bridgehead atoms. The van der Waals surface area contributed by atoms with Crippen molar-refractivity contribution in [2.24, 2.45) is 0 Å². The van der Waals surface area contributed by atoms with E-state index in [1.165, 1.54) is 6.07 Å². The highest BCUT2D eigenvalue weighted by Crippen LogP contribution is 2.29. The van der Waals surface area contributed by atoms with Gasteiger partial charge in [-0.05, 0) is 34.3 Å². The fraction of sp³-hybridized carbons (Fsp3) is 0.571. The molecule has 1 saturated heterocycles. The summed E-state index contributed by atoms with van der Waals surface area (Å²) in [5.41, 5.74) is 1.03. The summed E-state index contributed by atoms with van der Waals surface area (Å²) in [6.07, 6.45) is 2.06. The first-order valence-corrected chi connectivity index (χ1v) is 7.77. The van der Waals surface area contributed by atoms with Crippen LogP contribution in [0.3, 0.4) is 0 Å². The maximum atomic E-state index is 10.9. The van der Waals surface area contributed by atoms with Gasteiger partial charge in [0.25, 0.3) is 5.69 Å². The van der Waals surface area contributed by atoms with E-state index in [9.17, 15) is 10.1 Å². The second kappa shape index (κ2) is 7.84. The van der Waals surface area contributed by atoms with Gasteiger partial charge in [-0.15, -0.1) is 0 Å². The molecule has 2 rings (SSSR count). The van der Waals surface area contributed by atoms with Crippen LogP contribution >= 0.6 is 15.9 Å². The summed E-state index contributed by atoms with van der Waals surface area (Å²) in [5, 5.41) is 19.7. The van der Waals surface area contributed by atoms with Gasteiger partial charge in [-0.2, -0.15) is 0 Å². The zero-order chi connectivity index (χ0) is 15.2. The van der Waals surface area contributed by atoms with Crippen LogP contribution < -0.4 is 0 Å². The number of aliphatic hydroxyl groups is 1. The number of piperidine rings is 1. The van der Waals surface area contributed by atoms with Crippen LogP contribution in [-0.4, -0.2) is 47.3 Å². The van der Waals surface area contributed by atoms with Gasteiger partial charge >= 0.3 is 0 Å². The summed E-state index contributed by atoms with van der Waals surface area (Å²) in [7, 11) is 0. The lowest BCUT2D eigenvalue weighted by Crippen LogP contribution is -2.37. The second-order valence-corrected chi connectivity index (χ2v) is 5.87. The lowest BCUT2D eigenvalue weighted by atomic mass is 10.1. The van der Waals surface area contributed by atoms with Crippen LogP contribution in [-0.2, 0) is 11.3 Å². The minimum Gasteiger partial charge on any atom is -0.394 e. The van der Waals surface area contributed by atoms with Gasteiger partial charge < -0.3 is 9.84 Å². The molecule has 116 valence electrons. The third kappa shape index (κ3) is 4.47. The molecule has 0 aliphatic carbocycles. The van der Waals surface area contributed by atoms with Crippen molar-refractivity contribution in [2.45, 2.75) is 25.5 Å². The molecule has 0 atom stereocenters. The fourth-order valence-electron chi connectivity index (χ4n) is 2.52. The average Bonchev–Trinajstić information content (AvgIpc) is 2.48. The number of nitro groups is 1. The molecule has 1 aliphatic heterocycles. The number of ether oxygens (including phenoxy) is 1. The van der Waals surface area contributed by atoms with Gasteiger partial charge in [-0.1, -0.05) is 12.1 Å². The van der Waals surface area contributed by atoms with Crippen molar-refractivity contribution in [3.63, 3.8) is 0 Å². The molecule has 6 nitrogen and oxygen atoms in total. The van der Waals surface area contributed by atoms with Crippen molar-refractivity contribution in [2.75, 3.05) is 26.3 Å². The van der Waals surface area contributed by atoms with E-state index in [2.05, 4.69) is 20.8 Å². The smallest absolute Gasteiger partial charge is 0.283 e. The summed E-state index contributed by atoms with van der Waals surface area (Å²) >= 11 is 3.33. The van der Waals surface area contributed by atoms with E-state index in [1.807, 2.05) is 6.07 Å². The third-order valence-corrected chi connectivity index (χ3v) is 4.54. The maximum Gasteiger partial charge on any atom is 0.283 e. The average molecular weight is 359 g/mol. The van der Waals surface area contributed by atoms with Crippen molar-refractivity contribution in [1.82, 2.24) is 4.90 Å². The van der Waals surface area contributed by atoms with Gasteiger partial charge in [0.15, 0.2) is 0 Å². The lowest BCUT2D eigenvalue weighted by Gasteiger charge is -2.32. The molecule has 1 aromatic rings. The molecule has 1 N–H and O–H groups in total. The van der Waals surface area contributed by atoms with E-state index in [4.69, 9.17) is 9.84 Å². The molecule has 0 aromatic heterocycles. The summed E-state index contributed by atoms with van der Waals surface area (Å²) in [4.78, 5) is 12.8. The predicted molar refractivity (Wildman–Crippen MR) is 82.1 cm³/mol. The van der Waals surface area contributed by atoms with Gasteiger partial charge in [0.2, 0.25) is 0 Å². The number of hydrogen-bond acceptors (Lipinski definition) is 5. The Morgan fingerprint density at radius 2 is 2.14 bits per heavy atom. The molecule has 0 spiro atoms. The van der Waals surface area contributed by atoms with Crippen LogP contribution in [0.15, 0.2) is 22.7 Å². The molecule has 0 radical (unpaired) electrons. The number of rotatable bonds is 6. The molecule has 1 fully saturated rings. The normalized spacial score (nSPS) is 17.0. The highest BCUT2D eigenvalue weighted by atomic mass is 79.9. The summed E-state index contributed by atoms with van der Waals surface area (Å²) in [6, 6.07) is 5.13. The number of likely N-dealkylation sites (tertiary alicyclic amines) is 1. The standard InChI is InChI=1S/C14H19BrN2O4/c15-14-11(2-1-3-13(14)17(19)20)10-16-6-4-12(5-7-16)21-9-8-18/h1-3,12,18H,4-10H2. The molecule has 0 saturated carbocycles. The number of halogens is 1. The number of aliphatic hydroxyl groups excluding tert-OH is 1. The van der Waals surface area contributed by atoms with Crippen molar-refractivity contribution in [3.05, 3.63) is 38.3 Å². The SMILES string of the molecule is O=[N+]([O-])c1cccc(CN2CCC(OCCO)CC2)c1Br. The van der Waals surface area contributed by atoms with E-state index < -0.39 is 0 Å². The first-order chi connectivity index (χ1) is 10.1. The summed E-state index contributed by atoms with van der Waals surface area (Å²) in [6.45, 7) is 2.92. The topological polar surface area (TPSA) is 75.8 Å². The highest BCUT2D eigenvalue weighted by Gasteiger charge is 2.22. The summed E-state index contributed by atoms with van der Waals surface area (Å²) < 4.78 is 6.09. The molecule has 7 heteroatoms. The quantitative estimate of drug-likeness (QED) is 0.623. The number of hydrogen-bond donors (Lipinski definition) is 1. The van der Waals surface area contributed by atoms with Crippen LogP contribution in [0.5, 0.6) is 0 Å².